The number of hydrogen-bond donors (Lipinski definition) is 2. The van der Waals surface area contributed by atoms with Gasteiger partial charge < -0.3 is 15.0 Å². The molecular formula is C28H26N4O2. The number of fused-ring (bicyclic) bond motifs is 1. The lowest BCUT2D eigenvalue weighted by Crippen LogP contribution is -2.43. The minimum absolute atomic E-state index is 0.214. The standard InChI is InChI=1S/C28H26N4O2/c1-31-13-15-32(16-14-31)19-21-7-5-20(6-8-21)9-10-22-3-2-4-25(28(33)34)26(22)24-17-23-11-12-29-27(23)30-18-24/h2-8,11-12,17-18H,13-16,19H2,1H3,(H,29,30)(H,33,34). The number of carboxylic acid groups (broad SMARTS) is 1. The van der Waals surface area contributed by atoms with Crippen LogP contribution < -0.4 is 0 Å². The molecule has 3 heterocycles. The first-order valence-electron chi connectivity index (χ1n) is 11.4. The molecule has 4 aromatic rings. The quantitative estimate of drug-likeness (QED) is 0.459. The Morgan fingerprint density at radius 2 is 1.85 bits per heavy atom. The minimum atomic E-state index is -0.985. The molecule has 0 aliphatic carbocycles. The van der Waals surface area contributed by atoms with Crippen LogP contribution in [0.3, 0.4) is 0 Å². The second-order valence-electron chi connectivity index (χ2n) is 8.70. The summed E-state index contributed by atoms with van der Waals surface area (Å²) in [5.74, 6) is 5.44. The van der Waals surface area contributed by atoms with Crippen molar-refractivity contribution in [2.75, 3.05) is 33.2 Å². The molecule has 2 aromatic heterocycles. The summed E-state index contributed by atoms with van der Waals surface area (Å²) in [6, 6.07) is 17.4. The number of pyridine rings is 1. The average molecular weight is 451 g/mol. The van der Waals surface area contributed by atoms with Gasteiger partial charge in [0, 0.05) is 72.8 Å². The van der Waals surface area contributed by atoms with Gasteiger partial charge in [-0.05, 0) is 49.0 Å². The van der Waals surface area contributed by atoms with Crippen molar-refractivity contribution in [1.82, 2.24) is 19.8 Å². The highest BCUT2D eigenvalue weighted by atomic mass is 16.4. The first-order chi connectivity index (χ1) is 16.6. The molecule has 1 aliphatic rings. The second kappa shape index (κ2) is 9.52. The highest BCUT2D eigenvalue weighted by Gasteiger charge is 2.16. The average Bonchev–Trinajstić information content (AvgIpc) is 3.33. The van der Waals surface area contributed by atoms with Crippen LogP contribution in [0, 0.1) is 11.8 Å². The predicted molar refractivity (Wildman–Crippen MR) is 134 cm³/mol. The van der Waals surface area contributed by atoms with Crippen LogP contribution in [0.1, 0.15) is 27.0 Å². The summed E-state index contributed by atoms with van der Waals surface area (Å²) < 4.78 is 0. The summed E-state index contributed by atoms with van der Waals surface area (Å²) in [6.45, 7) is 5.33. The van der Waals surface area contributed by atoms with Gasteiger partial charge in [-0.3, -0.25) is 4.90 Å². The number of aromatic carboxylic acids is 1. The van der Waals surface area contributed by atoms with E-state index in [2.05, 4.69) is 50.8 Å². The van der Waals surface area contributed by atoms with Gasteiger partial charge in [-0.1, -0.05) is 30.0 Å². The van der Waals surface area contributed by atoms with Gasteiger partial charge in [0.1, 0.15) is 5.65 Å². The van der Waals surface area contributed by atoms with E-state index in [1.807, 2.05) is 36.5 Å². The van der Waals surface area contributed by atoms with Gasteiger partial charge in [0.2, 0.25) is 0 Å². The number of H-pyrrole nitrogens is 1. The first-order valence-corrected chi connectivity index (χ1v) is 11.4. The summed E-state index contributed by atoms with van der Waals surface area (Å²) in [4.78, 5) is 24.3. The van der Waals surface area contributed by atoms with Crippen molar-refractivity contribution in [1.29, 1.82) is 0 Å². The molecule has 170 valence electrons. The number of nitrogens with one attached hydrogen (secondary N) is 1. The van der Waals surface area contributed by atoms with Crippen molar-refractivity contribution in [3.8, 4) is 23.0 Å². The van der Waals surface area contributed by atoms with E-state index in [0.29, 0.717) is 11.1 Å². The summed E-state index contributed by atoms with van der Waals surface area (Å²) in [7, 11) is 2.16. The molecule has 0 radical (unpaired) electrons. The maximum atomic E-state index is 12.0. The third-order valence-corrected chi connectivity index (χ3v) is 6.28. The lowest BCUT2D eigenvalue weighted by molar-refractivity contribution is 0.0697. The van der Waals surface area contributed by atoms with E-state index in [1.165, 1.54) is 5.56 Å². The Balaban J connectivity index is 1.42. The van der Waals surface area contributed by atoms with Gasteiger partial charge >= 0.3 is 5.97 Å². The van der Waals surface area contributed by atoms with Gasteiger partial charge in [0.05, 0.1) is 5.56 Å². The van der Waals surface area contributed by atoms with E-state index in [4.69, 9.17) is 0 Å². The van der Waals surface area contributed by atoms with Crippen LogP contribution in [0.5, 0.6) is 0 Å². The zero-order chi connectivity index (χ0) is 23.5. The smallest absolute Gasteiger partial charge is 0.336 e. The zero-order valence-corrected chi connectivity index (χ0v) is 19.1. The molecule has 0 unspecified atom stereocenters. The Morgan fingerprint density at radius 3 is 2.62 bits per heavy atom. The molecule has 1 aliphatic heterocycles. The molecule has 1 fully saturated rings. The number of hydrogen-bond acceptors (Lipinski definition) is 4. The van der Waals surface area contributed by atoms with E-state index < -0.39 is 5.97 Å². The molecule has 6 nitrogen and oxygen atoms in total. The van der Waals surface area contributed by atoms with Gasteiger partial charge in [-0.25, -0.2) is 9.78 Å². The van der Waals surface area contributed by atoms with Crippen molar-refractivity contribution >= 4 is 17.0 Å². The Hall–Kier alpha value is -3.92. The largest absolute Gasteiger partial charge is 0.478 e. The second-order valence-corrected chi connectivity index (χ2v) is 8.70. The predicted octanol–water partition coefficient (Wildman–Crippen LogP) is 4.08. The molecule has 0 saturated carbocycles. The number of carbonyl (C=O) groups is 1. The highest BCUT2D eigenvalue weighted by molar-refractivity contribution is 5.98. The molecule has 0 spiro atoms. The molecule has 2 aromatic carbocycles. The molecular weight excluding hydrogens is 424 g/mol. The van der Waals surface area contributed by atoms with Crippen molar-refractivity contribution in [3.05, 3.63) is 89.2 Å². The summed E-state index contributed by atoms with van der Waals surface area (Å²) in [5, 5.41) is 10.7. The van der Waals surface area contributed by atoms with E-state index >= 15 is 0 Å². The zero-order valence-electron chi connectivity index (χ0n) is 19.1. The monoisotopic (exact) mass is 450 g/mol. The fourth-order valence-electron chi connectivity index (χ4n) is 4.32. The minimum Gasteiger partial charge on any atom is -0.478 e. The van der Waals surface area contributed by atoms with Gasteiger partial charge in [0.25, 0.3) is 0 Å². The van der Waals surface area contributed by atoms with Crippen LogP contribution in [0.2, 0.25) is 0 Å². The van der Waals surface area contributed by atoms with Crippen molar-refractivity contribution < 1.29 is 9.90 Å². The molecule has 0 bridgehead atoms. The molecule has 5 rings (SSSR count). The number of aromatic amines is 1. The van der Waals surface area contributed by atoms with E-state index in [1.54, 1.807) is 18.3 Å². The number of aromatic nitrogens is 2. The van der Waals surface area contributed by atoms with E-state index in [9.17, 15) is 9.90 Å². The summed E-state index contributed by atoms with van der Waals surface area (Å²) in [6.07, 6.45) is 3.51. The first kappa shape index (κ1) is 21.9. The number of carboxylic acids is 1. The number of likely N-dealkylation sites (N-methyl/N-ethyl adjacent to an activating group) is 1. The van der Waals surface area contributed by atoms with Crippen molar-refractivity contribution in [2.45, 2.75) is 6.54 Å². The van der Waals surface area contributed by atoms with Crippen LogP contribution in [0.15, 0.2) is 67.0 Å². The highest BCUT2D eigenvalue weighted by Crippen LogP contribution is 2.29. The maximum absolute atomic E-state index is 12.0. The third-order valence-electron chi connectivity index (χ3n) is 6.28. The molecule has 0 atom stereocenters. The maximum Gasteiger partial charge on any atom is 0.336 e. The molecule has 1 saturated heterocycles. The molecule has 0 amide bonds. The normalized spacial score (nSPS) is 14.6. The van der Waals surface area contributed by atoms with Crippen LogP contribution in [0.25, 0.3) is 22.2 Å². The molecule has 2 N–H and O–H groups in total. The van der Waals surface area contributed by atoms with Gasteiger partial charge in [0.15, 0.2) is 0 Å². The van der Waals surface area contributed by atoms with Crippen LogP contribution in [-0.4, -0.2) is 64.1 Å². The number of piperazine rings is 1. The fourth-order valence-corrected chi connectivity index (χ4v) is 4.32. The van der Waals surface area contributed by atoms with Crippen molar-refractivity contribution in [3.63, 3.8) is 0 Å². The topological polar surface area (TPSA) is 72.5 Å². The van der Waals surface area contributed by atoms with E-state index in [-0.39, 0.29) is 5.56 Å². The Kier molecular flexibility index (Phi) is 6.13. The summed E-state index contributed by atoms with van der Waals surface area (Å²) in [5.41, 5.74) is 5.13. The van der Waals surface area contributed by atoms with Crippen LogP contribution in [0.4, 0.5) is 0 Å². The summed E-state index contributed by atoms with van der Waals surface area (Å²) >= 11 is 0. The number of rotatable bonds is 4. The van der Waals surface area contributed by atoms with E-state index in [0.717, 1.165) is 54.9 Å². The van der Waals surface area contributed by atoms with Gasteiger partial charge in [-0.15, -0.1) is 0 Å². The lowest BCUT2D eigenvalue weighted by Gasteiger charge is -2.32. The van der Waals surface area contributed by atoms with Crippen LogP contribution in [-0.2, 0) is 6.54 Å². The fraction of sp³-hybridized carbons (Fsp3) is 0.214. The van der Waals surface area contributed by atoms with Crippen LogP contribution >= 0.6 is 0 Å². The Labute approximate surface area is 198 Å². The lowest BCUT2D eigenvalue weighted by atomic mass is 9.95. The SMILES string of the molecule is CN1CCN(Cc2ccc(C#Cc3cccc(C(=O)O)c3-c3cnc4[nH]ccc4c3)cc2)CC1. The number of benzene rings is 2. The number of nitrogens with zero attached hydrogens (tertiary/aromatic N) is 3. The molecule has 6 heteroatoms. The van der Waals surface area contributed by atoms with Gasteiger partial charge in [-0.2, -0.15) is 0 Å². The molecule has 34 heavy (non-hydrogen) atoms. The Bertz CT molecular complexity index is 1390. The van der Waals surface area contributed by atoms with Crippen molar-refractivity contribution in [2.24, 2.45) is 0 Å². The third kappa shape index (κ3) is 4.72. The Morgan fingerprint density at radius 1 is 1.06 bits per heavy atom.